The molecule has 0 spiro atoms. The van der Waals surface area contributed by atoms with Gasteiger partial charge in [-0.3, -0.25) is 4.68 Å². The van der Waals surface area contributed by atoms with Gasteiger partial charge in [0.1, 0.15) is 5.60 Å². The molecule has 0 aliphatic heterocycles. The van der Waals surface area contributed by atoms with Gasteiger partial charge in [-0.15, -0.1) is 0 Å². The molecule has 0 bridgehead atoms. The van der Waals surface area contributed by atoms with Crippen molar-refractivity contribution >= 4 is 15.9 Å². The predicted molar refractivity (Wildman–Crippen MR) is 82.7 cm³/mol. The lowest BCUT2D eigenvalue weighted by molar-refractivity contribution is 0.0116. The average Bonchev–Trinajstić information content (AvgIpc) is 2.81. The van der Waals surface area contributed by atoms with Gasteiger partial charge in [0.15, 0.2) is 0 Å². The van der Waals surface area contributed by atoms with E-state index in [0.29, 0.717) is 6.42 Å². The minimum Gasteiger partial charge on any atom is -0.383 e. The number of aliphatic hydroxyl groups is 1. The van der Waals surface area contributed by atoms with Crippen LogP contribution in [0.2, 0.25) is 0 Å². The number of fused-ring (bicyclic) bond motifs is 1. The summed E-state index contributed by atoms with van der Waals surface area (Å²) in [5, 5.41) is 15.6. The highest BCUT2D eigenvalue weighted by Gasteiger charge is 2.38. The molecule has 0 saturated heterocycles. The number of benzene rings is 1. The van der Waals surface area contributed by atoms with Gasteiger partial charge in [0.25, 0.3) is 0 Å². The zero-order valence-corrected chi connectivity index (χ0v) is 13.4. The average molecular weight is 335 g/mol. The zero-order chi connectivity index (χ0) is 14.3. The molecule has 3 rings (SSSR count). The molecule has 1 aromatic carbocycles. The Bertz CT molecular complexity index is 635. The van der Waals surface area contributed by atoms with Gasteiger partial charge in [0, 0.05) is 12.5 Å². The van der Waals surface area contributed by atoms with Crippen LogP contribution >= 0.6 is 15.9 Å². The highest BCUT2D eigenvalue weighted by atomic mass is 79.9. The van der Waals surface area contributed by atoms with Crippen LogP contribution in [-0.4, -0.2) is 14.9 Å². The molecule has 1 heterocycles. The molecule has 0 radical (unpaired) electrons. The van der Waals surface area contributed by atoms with E-state index in [9.17, 15) is 5.11 Å². The predicted octanol–water partition coefficient (Wildman–Crippen LogP) is 3.60. The van der Waals surface area contributed by atoms with E-state index in [2.05, 4.69) is 53.1 Å². The Morgan fingerprint density at radius 1 is 1.30 bits per heavy atom. The summed E-state index contributed by atoms with van der Waals surface area (Å²) in [5.74, 6) is 0. The minimum absolute atomic E-state index is 0.234. The van der Waals surface area contributed by atoms with Crippen LogP contribution in [0.25, 0.3) is 0 Å². The summed E-state index contributed by atoms with van der Waals surface area (Å²) < 4.78 is 2.82. The van der Waals surface area contributed by atoms with E-state index in [1.165, 1.54) is 11.1 Å². The van der Waals surface area contributed by atoms with Crippen molar-refractivity contribution in [3.8, 4) is 0 Å². The third-order valence-electron chi connectivity index (χ3n) is 4.09. The minimum atomic E-state index is -0.839. The fraction of sp³-hybridized carbons (Fsp3) is 0.438. The number of rotatable bonds is 2. The molecule has 106 valence electrons. The maximum Gasteiger partial charge on any atom is 0.112 e. The van der Waals surface area contributed by atoms with Gasteiger partial charge in [0.2, 0.25) is 0 Å². The Kier molecular flexibility index (Phi) is 3.46. The fourth-order valence-electron chi connectivity index (χ4n) is 3.09. The van der Waals surface area contributed by atoms with Crippen LogP contribution in [0, 0.1) is 0 Å². The molecule has 2 aromatic rings. The molecule has 3 nitrogen and oxygen atoms in total. The van der Waals surface area contributed by atoms with Gasteiger partial charge in [-0.05, 0) is 53.7 Å². The van der Waals surface area contributed by atoms with Crippen molar-refractivity contribution in [2.75, 3.05) is 0 Å². The first-order chi connectivity index (χ1) is 9.51. The van der Waals surface area contributed by atoms with Crippen LogP contribution < -0.4 is 0 Å². The molecule has 4 heteroatoms. The summed E-state index contributed by atoms with van der Waals surface area (Å²) in [6, 6.07) is 8.61. The second-order valence-electron chi connectivity index (χ2n) is 5.86. The highest BCUT2D eigenvalue weighted by molar-refractivity contribution is 9.10. The molecular weight excluding hydrogens is 316 g/mol. The first-order valence-electron chi connectivity index (χ1n) is 7.04. The summed E-state index contributed by atoms with van der Waals surface area (Å²) >= 11 is 3.55. The van der Waals surface area contributed by atoms with Crippen LogP contribution in [0.5, 0.6) is 0 Å². The number of aryl methyl sites for hydroxylation is 1. The molecule has 1 aromatic heterocycles. The van der Waals surface area contributed by atoms with E-state index < -0.39 is 5.60 Å². The van der Waals surface area contributed by atoms with E-state index in [4.69, 9.17) is 0 Å². The van der Waals surface area contributed by atoms with E-state index >= 15 is 0 Å². The molecule has 1 N–H and O–H groups in total. The summed E-state index contributed by atoms with van der Waals surface area (Å²) in [5.41, 5.74) is 2.66. The smallest absolute Gasteiger partial charge is 0.112 e. The van der Waals surface area contributed by atoms with Gasteiger partial charge >= 0.3 is 0 Å². The number of hydrogen-bond donors (Lipinski definition) is 1. The van der Waals surface area contributed by atoms with Crippen molar-refractivity contribution in [1.82, 2.24) is 9.78 Å². The quantitative estimate of drug-likeness (QED) is 0.911. The maximum absolute atomic E-state index is 11.2. The number of aromatic nitrogens is 2. The molecule has 20 heavy (non-hydrogen) atoms. The van der Waals surface area contributed by atoms with Crippen molar-refractivity contribution in [2.45, 2.75) is 44.8 Å². The molecule has 1 aliphatic carbocycles. The molecule has 1 unspecified atom stereocenters. The van der Waals surface area contributed by atoms with Crippen LogP contribution in [0.15, 0.2) is 34.9 Å². The topological polar surface area (TPSA) is 38.0 Å². The van der Waals surface area contributed by atoms with Crippen molar-refractivity contribution in [3.05, 3.63) is 51.8 Å². The van der Waals surface area contributed by atoms with Crippen LogP contribution in [0.1, 0.15) is 43.1 Å². The third kappa shape index (κ3) is 2.21. The summed E-state index contributed by atoms with van der Waals surface area (Å²) in [7, 11) is 0. The van der Waals surface area contributed by atoms with Gasteiger partial charge in [-0.2, -0.15) is 5.10 Å². The van der Waals surface area contributed by atoms with Gasteiger partial charge < -0.3 is 5.11 Å². The Morgan fingerprint density at radius 2 is 2.00 bits per heavy atom. The first kappa shape index (κ1) is 13.8. The van der Waals surface area contributed by atoms with Crippen LogP contribution in [0.4, 0.5) is 0 Å². The van der Waals surface area contributed by atoms with E-state index in [-0.39, 0.29) is 6.04 Å². The lowest BCUT2D eigenvalue weighted by Gasteiger charge is -2.35. The fourth-order valence-corrected chi connectivity index (χ4v) is 3.73. The monoisotopic (exact) mass is 334 g/mol. The Morgan fingerprint density at radius 3 is 2.70 bits per heavy atom. The third-order valence-corrected chi connectivity index (χ3v) is 4.67. The normalized spacial score (nSPS) is 22.1. The molecular formula is C16H19BrN2O. The highest BCUT2D eigenvalue weighted by Crippen LogP contribution is 2.40. The SMILES string of the molecule is CC(C)n1ncc(Br)c1C1(O)CCc2ccccc2C1. The lowest BCUT2D eigenvalue weighted by atomic mass is 9.78. The van der Waals surface area contributed by atoms with Crippen LogP contribution in [0.3, 0.4) is 0 Å². The van der Waals surface area contributed by atoms with Crippen molar-refractivity contribution < 1.29 is 5.11 Å². The zero-order valence-electron chi connectivity index (χ0n) is 11.8. The Labute approximate surface area is 127 Å². The molecule has 1 aliphatic rings. The summed E-state index contributed by atoms with van der Waals surface area (Å²) in [4.78, 5) is 0. The second-order valence-corrected chi connectivity index (χ2v) is 6.71. The van der Waals surface area contributed by atoms with Gasteiger partial charge in [-0.1, -0.05) is 24.3 Å². The standard InChI is InChI=1S/C16H19BrN2O/c1-11(2)19-15(14(17)10-18-19)16(20)8-7-12-5-3-4-6-13(12)9-16/h3-6,10-11,20H,7-9H2,1-2H3. The van der Waals surface area contributed by atoms with Crippen molar-refractivity contribution in [1.29, 1.82) is 0 Å². The Hall–Kier alpha value is -1.13. The van der Waals surface area contributed by atoms with E-state index in [1.54, 1.807) is 6.20 Å². The second kappa shape index (κ2) is 5.01. The van der Waals surface area contributed by atoms with E-state index in [0.717, 1.165) is 23.0 Å². The first-order valence-corrected chi connectivity index (χ1v) is 7.83. The molecule has 1 atom stereocenters. The largest absolute Gasteiger partial charge is 0.383 e. The van der Waals surface area contributed by atoms with Crippen molar-refractivity contribution in [3.63, 3.8) is 0 Å². The number of nitrogens with zero attached hydrogens (tertiary/aromatic N) is 2. The number of halogens is 1. The number of hydrogen-bond acceptors (Lipinski definition) is 2. The van der Waals surface area contributed by atoms with E-state index in [1.807, 2.05) is 10.7 Å². The van der Waals surface area contributed by atoms with Crippen molar-refractivity contribution in [2.24, 2.45) is 0 Å². The Balaban J connectivity index is 2.05. The van der Waals surface area contributed by atoms with Crippen LogP contribution in [-0.2, 0) is 18.4 Å². The van der Waals surface area contributed by atoms with Gasteiger partial charge in [0.05, 0.1) is 16.4 Å². The maximum atomic E-state index is 11.2. The molecule has 0 fully saturated rings. The summed E-state index contributed by atoms with van der Waals surface area (Å²) in [6.45, 7) is 4.17. The molecule has 0 saturated carbocycles. The summed E-state index contributed by atoms with van der Waals surface area (Å²) in [6.07, 6.45) is 4.08. The lowest BCUT2D eigenvalue weighted by Crippen LogP contribution is -2.36. The van der Waals surface area contributed by atoms with Gasteiger partial charge in [-0.25, -0.2) is 0 Å². The molecule has 0 amide bonds.